The zero-order valence-corrected chi connectivity index (χ0v) is 50.0. The molecule has 0 radical (unpaired) electrons. The van der Waals surface area contributed by atoms with Crippen LogP contribution in [-0.4, -0.2) is 37.2 Å². The standard InChI is InChI=1S/C70H120O6/c1-4-7-10-13-16-19-22-24-26-28-29-30-31-32-33-34-35-36-37-38-39-40-41-42-44-45-48-51-54-57-60-63-69(72)75-66-67(65-74-68(71)62-59-56-53-50-47-21-18-15-12-9-6-3)76-70(73)64-61-58-55-52-49-46-43-27-25-23-20-17-14-11-8-5-2/h7,10,15-16,18-19,24,26,29-30,32-33,35-36,38-39,67H,4-6,8-9,11-14,17,20-23,25,27-28,31,34,37,40-66H2,1-3H3/b10-7-,18-15-,19-16-,26-24-,30-29-,33-32-,36-35-,39-38-. The quantitative estimate of drug-likeness (QED) is 0.0261. The summed E-state index contributed by atoms with van der Waals surface area (Å²) in [5.41, 5.74) is 0. The van der Waals surface area contributed by atoms with Crippen molar-refractivity contribution in [2.75, 3.05) is 13.2 Å². The monoisotopic (exact) mass is 1060 g/mol. The smallest absolute Gasteiger partial charge is 0.306 e. The van der Waals surface area contributed by atoms with Crippen LogP contribution in [0.5, 0.6) is 0 Å². The molecule has 0 saturated carbocycles. The van der Waals surface area contributed by atoms with Gasteiger partial charge in [-0.2, -0.15) is 0 Å². The van der Waals surface area contributed by atoms with Crippen molar-refractivity contribution < 1.29 is 28.6 Å². The highest BCUT2D eigenvalue weighted by atomic mass is 16.6. The molecule has 6 heteroatoms. The summed E-state index contributed by atoms with van der Waals surface area (Å²) in [5, 5.41) is 0. The number of rotatable bonds is 58. The molecule has 0 fully saturated rings. The Morgan fingerprint density at radius 2 is 0.526 bits per heavy atom. The lowest BCUT2D eigenvalue weighted by Gasteiger charge is -2.18. The number of carbonyl (C=O) groups is 3. The maximum atomic E-state index is 12.9. The molecule has 0 aromatic rings. The van der Waals surface area contributed by atoms with Crippen LogP contribution in [0.3, 0.4) is 0 Å². The Kier molecular flexibility index (Phi) is 60.8. The maximum absolute atomic E-state index is 12.9. The molecule has 0 spiro atoms. The van der Waals surface area contributed by atoms with E-state index in [4.69, 9.17) is 14.2 Å². The van der Waals surface area contributed by atoms with E-state index in [-0.39, 0.29) is 31.1 Å². The molecule has 436 valence electrons. The number of ether oxygens (including phenoxy) is 3. The van der Waals surface area contributed by atoms with Gasteiger partial charge in [-0.15, -0.1) is 0 Å². The Bertz CT molecular complexity index is 1490. The second-order valence-corrected chi connectivity index (χ2v) is 21.3. The highest BCUT2D eigenvalue weighted by Crippen LogP contribution is 2.16. The molecule has 0 aliphatic rings. The summed E-state index contributed by atoms with van der Waals surface area (Å²) in [6.45, 7) is 6.50. The molecule has 1 atom stereocenters. The molecule has 1 unspecified atom stereocenters. The van der Waals surface area contributed by atoms with Crippen molar-refractivity contribution in [3.63, 3.8) is 0 Å². The fourth-order valence-electron chi connectivity index (χ4n) is 8.99. The molecule has 0 aromatic heterocycles. The number of unbranched alkanes of at least 4 members (excludes halogenated alkanes) is 31. The van der Waals surface area contributed by atoms with E-state index in [0.717, 1.165) is 116 Å². The predicted octanol–water partition coefficient (Wildman–Crippen LogP) is 22.0. The topological polar surface area (TPSA) is 78.9 Å². The second kappa shape index (κ2) is 63.9. The number of hydrogen-bond donors (Lipinski definition) is 0. The Hall–Kier alpha value is -3.67. The average Bonchev–Trinajstić information content (AvgIpc) is 3.42. The molecule has 0 aromatic carbocycles. The minimum absolute atomic E-state index is 0.0804. The van der Waals surface area contributed by atoms with E-state index in [9.17, 15) is 14.4 Å². The SMILES string of the molecule is CC/C=C\C/C=C\C/C=C\C/C=C\C/C=C\C/C=C\C/C=C\CCCCCCCCCCCC(=O)OCC(COC(=O)CCCCCCC/C=C\CCCC)OC(=O)CCCCCCCCCCCCCCCCCC. The van der Waals surface area contributed by atoms with Crippen LogP contribution in [-0.2, 0) is 28.6 Å². The summed E-state index contributed by atoms with van der Waals surface area (Å²) in [5.74, 6) is -0.884. The van der Waals surface area contributed by atoms with Gasteiger partial charge in [-0.05, 0) is 96.3 Å². The van der Waals surface area contributed by atoms with Gasteiger partial charge in [0.15, 0.2) is 6.10 Å². The van der Waals surface area contributed by atoms with Crippen molar-refractivity contribution in [2.24, 2.45) is 0 Å². The highest BCUT2D eigenvalue weighted by Gasteiger charge is 2.19. The molecule has 0 N–H and O–H groups in total. The highest BCUT2D eigenvalue weighted by molar-refractivity contribution is 5.71. The van der Waals surface area contributed by atoms with Crippen molar-refractivity contribution in [1.29, 1.82) is 0 Å². The van der Waals surface area contributed by atoms with Crippen LogP contribution >= 0.6 is 0 Å². The zero-order valence-electron chi connectivity index (χ0n) is 50.0. The normalized spacial score (nSPS) is 12.7. The van der Waals surface area contributed by atoms with Crippen molar-refractivity contribution in [1.82, 2.24) is 0 Å². The van der Waals surface area contributed by atoms with Gasteiger partial charge in [0.05, 0.1) is 0 Å². The fourth-order valence-corrected chi connectivity index (χ4v) is 8.99. The van der Waals surface area contributed by atoms with Crippen LogP contribution in [0, 0.1) is 0 Å². The van der Waals surface area contributed by atoms with E-state index in [2.05, 4.69) is 118 Å². The van der Waals surface area contributed by atoms with Crippen LogP contribution in [0.15, 0.2) is 97.2 Å². The largest absolute Gasteiger partial charge is 0.462 e. The number of hydrogen-bond acceptors (Lipinski definition) is 6. The maximum Gasteiger partial charge on any atom is 0.306 e. The van der Waals surface area contributed by atoms with Gasteiger partial charge in [-0.3, -0.25) is 14.4 Å². The van der Waals surface area contributed by atoms with Crippen LogP contribution < -0.4 is 0 Å². The Morgan fingerprint density at radius 1 is 0.276 bits per heavy atom. The third-order valence-corrected chi connectivity index (χ3v) is 13.8. The van der Waals surface area contributed by atoms with E-state index in [1.165, 1.54) is 154 Å². The van der Waals surface area contributed by atoms with Crippen LogP contribution in [0.1, 0.15) is 310 Å². The first-order valence-electron chi connectivity index (χ1n) is 32.2. The van der Waals surface area contributed by atoms with E-state index < -0.39 is 6.10 Å². The minimum atomic E-state index is -0.781. The summed E-state index contributed by atoms with van der Waals surface area (Å²) < 4.78 is 16.9. The first-order chi connectivity index (χ1) is 37.5. The van der Waals surface area contributed by atoms with Gasteiger partial charge in [-0.25, -0.2) is 0 Å². The lowest BCUT2D eigenvalue weighted by Crippen LogP contribution is -2.30. The number of carbonyl (C=O) groups excluding carboxylic acids is 3. The van der Waals surface area contributed by atoms with E-state index in [1.54, 1.807) is 0 Å². The summed E-state index contributed by atoms with van der Waals surface area (Å²) in [7, 11) is 0. The molecule has 0 rings (SSSR count). The summed E-state index contributed by atoms with van der Waals surface area (Å²) in [6, 6.07) is 0. The van der Waals surface area contributed by atoms with Gasteiger partial charge < -0.3 is 14.2 Å². The zero-order chi connectivity index (χ0) is 55.0. The Morgan fingerprint density at radius 3 is 0.855 bits per heavy atom. The van der Waals surface area contributed by atoms with Crippen molar-refractivity contribution in [3.8, 4) is 0 Å². The first kappa shape index (κ1) is 72.3. The van der Waals surface area contributed by atoms with Gasteiger partial charge in [-0.1, -0.05) is 291 Å². The van der Waals surface area contributed by atoms with Crippen molar-refractivity contribution >= 4 is 17.9 Å². The van der Waals surface area contributed by atoms with Crippen LogP contribution in [0.4, 0.5) is 0 Å². The van der Waals surface area contributed by atoms with Crippen molar-refractivity contribution in [3.05, 3.63) is 97.2 Å². The molecule has 0 aliphatic heterocycles. The lowest BCUT2D eigenvalue weighted by atomic mass is 10.0. The molecule has 0 bridgehead atoms. The molecular weight excluding hydrogens is 937 g/mol. The second-order valence-electron chi connectivity index (χ2n) is 21.3. The predicted molar refractivity (Wildman–Crippen MR) is 330 cm³/mol. The first-order valence-corrected chi connectivity index (χ1v) is 32.2. The molecular formula is C70H120O6. The molecule has 0 aliphatic carbocycles. The van der Waals surface area contributed by atoms with Crippen LogP contribution in [0.2, 0.25) is 0 Å². The summed E-state index contributed by atoms with van der Waals surface area (Å²) in [6.07, 6.45) is 85.6. The third kappa shape index (κ3) is 61.2. The van der Waals surface area contributed by atoms with Gasteiger partial charge in [0.1, 0.15) is 13.2 Å². The van der Waals surface area contributed by atoms with Gasteiger partial charge in [0, 0.05) is 19.3 Å². The molecule has 0 heterocycles. The molecule has 6 nitrogen and oxygen atoms in total. The Balaban J connectivity index is 4.23. The van der Waals surface area contributed by atoms with E-state index in [1.807, 2.05) is 0 Å². The third-order valence-electron chi connectivity index (χ3n) is 13.8. The average molecular weight is 1060 g/mol. The van der Waals surface area contributed by atoms with Gasteiger partial charge in [0.2, 0.25) is 0 Å². The van der Waals surface area contributed by atoms with Gasteiger partial charge >= 0.3 is 17.9 Å². The Labute approximate surface area is 470 Å². The summed E-state index contributed by atoms with van der Waals surface area (Å²) in [4.78, 5) is 38.2. The van der Waals surface area contributed by atoms with Crippen molar-refractivity contribution in [2.45, 2.75) is 316 Å². The van der Waals surface area contributed by atoms with E-state index >= 15 is 0 Å². The van der Waals surface area contributed by atoms with Gasteiger partial charge in [0.25, 0.3) is 0 Å². The summed E-state index contributed by atoms with van der Waals surface area (Å²) >= 11 is 0. The molecule has 0 amide bonds. The number of esters is 3. The lowest BCUT2D eigenvalue weighted by molar-refractivity contribution is -0.167. The van der Waals surface area contributed by atoms with E-state index in [0.29, 0.717) is 19.3 Å². The minimum Gasteiger partial charge on any atom is -0.462 e. The molecule has 0 saturated heterocycles. The van der Waals surface area contributed by atoms with Crippen LogP contribution in [0.25, 0.3) is 0 Å². The molecule has 76 heavy (non-hydrogen) atoms. The number of allylic oxidation sites excluding steroid dienone is 16. The fraction of sp³-hybridized carbons (Fsp3) is 0.729.